The Bertz CT molecular complexity index is 817. The van der Waals surface area contributed by atoms with Gasteiger partial charge in [0.2, 0.25) is 0 Å². The van der Waals surface area contributed by atoms with Crippen LogP contribution in [0.15, 0.2) is 36.4 Å². The number of imidazole rings is 1. The molecule has 108 valence electrons. The Morgan fingerprint density at radius 2 is 2.00 bits per heavy atom. The van der Waals surface area contributed by atoms with Gasteiger partial charge in [0, 0.05) is 12.1 Å². The highest BCUT2D eigenvalue weighted by molar-refractivity contribution is 6.17. The van der Waals surface area contributed by atoms with Gasteiger partial charge in [-0.2, -0.15) is 0 Å². The van der Waals surface area contributed by atoms with Gasteiger partial charge in [0.05, 0.1) is 29.7 Å². The summed E-state index contributed by atoms with van der Waals surface area (Å²) >= 11 is 5.89. The lowest BCUT2D eigenvalue weighted by Crippen LogP contribution is -2.02. The molecular formula is C15H11ClF2N2O. The van der Waals surface area contributed by atoms with Crippen molar-refractivity contribution in [2.24, 2.45) is 0 Å². The van der Waals surface area contributed by atoms with E-state index in [1.165, 1.54) is 48.1 Å². The molecule has 0 saturated carbocycles. The molecule has 3 rings (SSSR count). The van der Waals surface area contributed by atoms with Crippen molar-refractivity contribution >= 4 is 22.6 Å². The summed E-state index contributed by atoms with van der Waals surface area (Å²) in [5, 5.41) is 0. The van der Waals surface area contributed by atoms with Crippen molar-refractivity contribution in [3.05, 3.63) is 53.9 Å². The van der Waals surface area contributed by atoms with Gasteiger partial charge in [-0.05, 0) is 24.3 Å². The molecule has 0 aliphatic carbocycles. The first kappa shape index (κ1) is 13.8. The monoisotopic (exact) mass is 308 g/mol. The van der Waals surface area contributed by atoms with Gasteiger partial charge < -0.3 is 4.74 Å². The first-order valence-corrected chi connectivity index (χ1v) is 6.74. The van der Waals surface area contributed by atoms with Crippen molar-refractivity contribution in [1.82, 2.24) is 9.55 Å². The molecule has 0 bridgehead atoms. The van der Waals surface area contributed by atoms with E-state index in [0.29, 0.717) is 22.6 Å². The number of fused-ring (bicyclic) bond motifs is 1. The lowest BCUT2D eigenvalue weighted by molar-refractivity contribution is 0.413. The molecule has 0 unspecified atom stereocenters. The van der Waals surface area contributed by atoms with Crippen LogP contribution < -0.4 is 4.74 Å². The van der Waals surface area contributed by atoms with E-state index < -0.39 is 11.6 Å². The summed E-state index contributed by atoms with van der Waals surface area (Å²) in [7, 11) is 1.49. The fraction of sp³-hybridized carbons (Fsp3) is 0.133. The van der Waals surface area contributed by atoms with Crippen molar-refractivity contribution in [3.8, 4) is 11.4 Å². The van der Waals surface area contributed by atoms with E-state index in [1.807, 2.05) is 0 Å². The number of benzene rings is 2. The summed E-state index contributed by atoms with van der Waals surface area (Å²) in [6.45, 7) is 0. The third kappa shape index (κ3) is 2.34. The number of methoxy groups -OCH3 is 1. The number of rotatable bonds is 3. The molecule has 3 aromatic rings. The summed E-state index contributed by atoms with van der Waals surface area (Å²) in [5.74, 6) is 0.112. The number of alkyl halides is 1. The number of hydrogen-bond donors (Lipinski definition) is 0. The van der Waals surface area contributed by atoms with Crippen LogP contribution in [0.1, 0.15) is 5.82 Å². The maximum Gasteiger partial charge on any atom is 0.147 e. The Morgan fingerprint density at radius 3 is 2.71 bits per heavy atom. The molecule has 21 heavy (non-hydrogen) atoms. The smallest absolute Gasteiger partial charge is 0.147 e. The van der Waals surface area contributed by atoms with Crippen LogP contribution in [0, 0.1) is 11.6 Å². The average molecular weight is 309 g/mol. The van der Waals surface area contributed by atoms with E-state index in [-0.39, 0.29) is 11.6 Å². The van der Waals surface area contributed by atoms with Gasteiger partial charge in [-0.15, -0.1) is 11.6 Å². The third-order valence-electron chi connectivity index (χ3n) is 3.20. The standard InChI is InChI=1S/C15H11ClF2N2O/c1-21-10-3-4-11(18)13(7-10)20-14-6-9(17)2-5-12(14)19-15(20)8-16/h2-7H,8H2,1H3. The fourth-order valence-electron chi connectivity index (χ4n) is 2.25. The van der Waals surface area contributed by atoms with Crippen LogP contribution in [-0.4, -0.2) is 16.7 Å². The molecule has 0 spiro atoms. The second-order valence-electron chi connectivity index (χ2n) is 4.45. The zero-order chi connectivity index (χ0) is 15.0. The van der Waals surface area contributed by atoms with Gasteiger partial charge in [-0.25, -0.2) is 13.8 Å². The first-order chi connectivity index (χ1) is 10.1. The SMILES string of the molecule is COc1ccc(F)c(-n2c(CCl)nc3ccc(F)cc32)c1. The van der Waals surface area contributed by atoms with Crippen LogP contribution in [0.4, 0.5) is 8.78 Å². The van der Waals surface area contributed by atoms with E-state index in [9.17, 15) is 8.78 Å². The lowest BCUT2D eigenvalue weighted by atomic mass is 10.2. The molecular weight excluding hydrogens is 298 g/mol. The van der Waals surface area contributed by atoms with Gasteiger partial charge in [-0.1, -0.05) is 0 Å². The second kappa shape index (κ2) is 5.33. The molecule has 0 atom stereocenters. The summed E-state index contributed by atoms with van der Waals surface area (Å²) in [6.07, 6.45) is 0. The van der Waals surface area contributed by atoms with Crippen molar-refractivity contribution in [3.63, 3.8) is 0 Å². The topological polar surface area (TPSA) is 27.1 Å². The normalized spacial score (nSPS) is 11.0. The largest absolute Gasteiger partial charge is 0.497 e. The van der Waals surface area contributed by atoms with Crippen LogP contribution in [0.5, 0.6) is 5.75 Å². The number of hydrogen-bond acceptors (Lipinski definition) is 2. The quantitative estimate of drug-likeness (QED) is 0.683. The van der Waals surface area contributed by atoms with E-state index >= 15 is 0 Å². The molecule has 0 N–H and O–H groups in total. The third-order valence-corrected chi connectivity index (χ3v) is 3.44. The van der Waals surface area contributed by atoms with Gasteiger partial charge in [-0.3, -0.25) is 4.57 Å². The van der Waals surface area contributed by atoms with Gasteiger partial charge in [0.15, 0.2) is 0 Å². The van der Waals surface area contributed by atoms with Crippen LogP contribution in [0.2, 0.25) is 0 Å². The minimum absolute atomic E-state index is 0.0763. The van der Waals surface area contributed by atoms with Crippen LogP contribution in [0.3, 0.4) is 0 Å². The van der Waals surface area contributed by atoms with E-state index in [0.717, 1.165) is 0 Å². The summed E-state index contributed by atoms with van der Waals surface area (Å²) in [5.41, 5.74) is 1.23. The van der Waals surface area contributed by atoms with Gasteiger partial charge in [0.25, 0.3) is 0 Å². The summed E-state index contributed by atoms with van der Waals surface area (Å²) in [4.78, 5) is 4.30. The Morgan fingerprint density at radius 1 is 1.19 bits per heavy atom. The molecule has 0 saturated heterocycles. The Kier molecular flexibility index (Phi) is 3.51. The highest BCUT2D eigenvalue weighted by atomic mass is 35.5. The molecule has 0 aliphatic heterocycles. The van der Waals surface area contributed by atoms with Crippen molar-refractivity contribution in [1.29, 1.82) is 0 Å². The van der Waals surface area contributed by atoms with Crippen LogP contribution in [0.25, 0.3) is 16.7 Å². The highest BCUT2D eigenvalue weighted by Crippen LogP contribution is 2.27. The minimum Gasteiger partial charge on any atom is -0.497 e. The molecule has 6 heteroatoms. The number of ether oxygens (including phenoxy) is 1. The minimum atomic E-state index is -0.467. The van der Waals surface area contributed by atoms with Gasteiger partial charge in [0.1, 0.15) is 23.2 Å². The zero-order valence-corrected chi connectivity index (χ0v) is 11.9. The summed E-state index contributed by atoms with van der Waals surface area (Å²) < 4.78 is 34.3. The van der Waals surface area contributed by atoms with Crippen molar-refractivity contribution in [2.75, 3.05) is 7.11 Å². The fourth-order valence-corrected chi connectivity index (χ4v) is 2.43. The first-order valence-electron chi connectivity index (χ1n) is 6.21. The molecule has 0 amide bonds. The Labute approximate surface area is 124 Å². The second-order valence-corrected chi connectivity index (χ2v) is 4.71. The zero-order valence-electron chi connectivity index (χ0n) is 11.1. The number of halogens is 3. The van der Waals surface area contributed by atoms with Crippen LogP contribution in [-0.2, 0) is 5.88 Å². The lowest BCUT2D eigenvalue weighted by Gasteiger charge is -2.10. The molecule has 3 nitrogen and oxygen atoms in total. The van der Waals surface area contributed by atoms with E-state index in [1.54, 1.807) is 0 Å². The molecule has 1 heterocycles. The predicted molar refractivity (Wildman–Crippen MR) is 77.1 cm³/mol. The maximum atomic E-state index is 14.2. The van der Waals surface area contributed by atoms with E-state index in [2.05, 4.69) is 4.98 Å². The predicted octanol–water partition coefficient (Wildman–Crippen LogP) is 4.05. The Balaban J connectivity index is 2.35. The summed E-state index contributed by atoms with van der Waals surface area (Å²) in [6, 6.07) is 8.47. The maximum absolute atomic E-state index is 14.2. The molecule has 0 radical (unpaired) electrons. The number of nitrogens with zero attached hydrogens (tertiary/aromatic N) is 2. The molecule has 0 fully saturated rings. The number of aromatic nitrogens is 2. The molecule has 1 aromatic heterocycles. The van der Waals surface area contributed by atoms with Gasteiger partial charge >= 0.3 is 0 Å². The molecule has 2 aromatic carbocycles. The van der Waals surface area contributed by atoms with Crippen LogP contribution >= 0.6 is 11.6 Å². The Hall–Kier alpha value is -2.14. The van der Waals surface area contributed by atoms with Crippen molar-refractivity contribution in [2.45, 2.75) is 5.88 Å². The molecule has 0 aliphatic rings. The van der Waals surface area contributed by atoms with E-state index in [4.69, 9.17) is 16.3 Å². The average Bonchev–Trinajstić information content (AvgIpc) is 2.85. The highest BCUT2D eigenvalue weighted by Gasteiger charge is 2.16. The van der Waals surface area contributed by atoms with Crippen molar-refractivity contribution < 1.29 is 13.5 Å².